The van der Waals surface area contributed by atoms with Crippen LogP contribution in [0.25, 0.3) is 11.1 Å². The Labute approximate surface area is 100 Å². The lowest BCUT2D eigenvalue weighted by Gasteiger charge is -2.12. The molecule has 0 atom stereocenters. The number of nitrogens with two attached hydrogens (primary N) is 1. The Balaban J connectivity index is 2.57. The van der Waals surface area contributed by atoms with Gasteiger partial charge in [0.05, 0.1) is 24.4 Å². The van der Waals surface area contributed by atoms with E-state index in [0.29, 0.717) is 5.56 Å². The van der Waals surface area contributed by atoms with Gasteiger partial charge in [-0.25, -0.2) is 0 Å². The number of alkyl halides is 3. The number of anilines is 1. The van der Waals surface area contributed by atoms with Crippen molar-refractivity contribution in [3.63, 3.8) is 0 Å². The molecular weight excluding hydrogens is 249 g/mol. The first-order valence-electron chi connectivity index (χ1n) is 4.89. The van der Waals surface area contributed by atoms with E-state index in [1.807, 2.05) is 0 Å². The van der Waals surface area contributed by atoms with Gasteiger partial charge in [0.25, 0.3) is 0 Å². The number of aromatic nitrogens is 1. The van der Waals surface area contributed by atoms with Crippen LogP contribution in [0.2, 0.25) is 0 Å². The summed E-state index contributed by atoms with van der Waals surface area (Å²) in [6.07, 6.45) is -3.25. The van der Waals surface area contributed by atoms with Crippen LogP contribution in [0.4, 0.5) is 19.1 Å². The highest BCUT2D eigenvalue weighted by atomic mass is 19.4. The van der Waals surface area contributed by atoms with Crippen molar-refractivity contribution >= 4 is 5.88 Å². The Morgan fingerprint density at radius 1 is 1.33 bits per heavy atom. The van der Waals surface area contributed by atoms with Gasteiger partial charge >= 0.3 is 6.18 Å². The van der Waals surface area contributed by atoms with Crippen molar-refractivity contribution in [2.24, 2.45) is 0 Å². The summed E-state index contributed by atoms with van der Waals surface area (Å²) in [5.41, 5.74) is 5.16. The number of halogens is 3. The second kappa shape index (κ2) is 4.25. The maximum absolute atomic E-state index is 12.8. The number of nitrogens with zero attached hydrogens (tertiary/aromatic N) is 1. The highest BCUT2D eigenvalue weighted by Crippen LogP contribution is 2.39. The van der Waals surface area contributed by atoms with Crippen LogP contribution in [0.3, 0.4) is 0 Å². The SMILES string of the molecule is COc1ccc(-c2cnoc2N)cc1C(F)(F)F. The molecule has 0 saturated heterocycles. The van der Waals surface area contributed by atoms with Crippen molar-refractivity contribution in [1.82, 2.24) is 5.16 Å². The fourth-order valence-electron chi connectivity index (χ4n) is 1.56. The number of benzene rings is 1. The molecule has 2 aromatic rings. The van der Waals surface area contributed by atoms with E-state index in [4.69, 9.17) is 5.73 Å². The van der Waals surface area contributed by atoms with E-state index < -0.39 is 11.7 Å². The molecule has 0 saturated carbocycles. The lowest BCUT2D eigenvalue weighted by atomic mass is 10.0. The van der Waals surface area contributed by atoms with E-state index >= 15 is 0 Å². The van der Waals surface area contributed by atoms with Crippen LogP contribution in [0.15, 0.2) is 28.9 Å². The minimum atomic E-state index is -4.51. The van der Waals surface area contributed by atoms with E-state index in [0.717, 1.165) is 6.07 Å². The van der Waals surface area contributed by atoms with Crippen molar-refractivity contribution in [3.05, 3.63) is 30.0 Å². The summed E-state index contributed by atoms with van der Waals surface area (Å²) in [4.78, 5) is 0. The van der Waals surface area contributed by atoms with Gasteiger partial charge in [0, 0.05) is 0 Å². The maximum Gasteiger partial charge on any atom is 0.419 e. The molecule has 0 spiro atoms. The minimum Gasteiger partial charge on any atom is -0.496 e. The van der Waals surface area contributed by atoms with Gasteiger partial charge in [-0.2, -0.15) is 13.2 Å². The van der Waals surface area contributed by atoms with Crippen LogP contribution in [-0.4, -0.2) is 12.3 Å². The standard InChI is InChI=1S/C11H9F3N2O2/c1-17-9-3-2-6(4-8(9)11(12,13)14)7-5-16-18-10(7)15/h2-5H,15H2,1H3. The predicted octanol–water partition coefficient (Wildman–Crippen LogP) is 2.95. The third-order valence-corrected chi connectivity index (χ3v) is 2.41. The van der Waals surface area contributed by atoms with Gasteiger partial charge < -0.3 is 15.0 Å². The molecule has 1 aromatic heterocycles. The molecule has 0 unspecified atom stereocenters. The highest BCUT2D eigenvalue weighted by Gasteiger charge is 2.34. The Morgan fingerprint density at radius 2 is 2.06 bits per heavy atom. The highest BCUT2D eigenvalue weighted by molar-refractivity contribution is 5.73. The van der Waals surface area contributed by atoms with Gasteiger partial charge in [0.2, 0.25) is 5.88 Å². The average molecular weight is 258 g/mol. The molecule has 0 fully saturated rings. The molecule has 18 heavy (non-hydrogen) atoms. The van der Waals surface area contributed by atoms with Gasteiger partial charge in [-0.3, -0.25) is 0 Å². The van der Waals surface area contributed by atoms with E-state index in [1.165, 1.54) is 25.4 Å². The maximum atomic E-state index is 12.8. The van der Waals surface area contributed by atoms with Crippen molar-refractivity contribution in [2.75, 3.05) is 12.8 Å². The zero-order valence-electron chi connectivity index (χ0n) is 9.28. The molecule has 0 aliphatic carbocycles. The van der Waals surface area contributed by atoms with Gasteiger partial charge in [0.1, 0.15) is 5.75 Å². The van der Waals surface area contributed by atoms with Gasteiger partial charge in [0.15, 0.2) is 0 Å². The first-order chi connectivity index (χ1) is 8.43. The van der Waals surface area contributed by atoms with E-state index in [2.05, 4.69) is 14.4 Å². The van der Waals surface area contributed by atoms with Crippen LogP contribution in [0.1, 0.15) is 5.56 Å². The molecular formula is C11H9F3N2O2. The fourth-order valence-corrected chi connectivity index (χ4v) is 1.56. The summed E-state index contributed by atoms with van der Waals surface area (Å²) in [7, 11) is 1.18. The largest absolute Gasteiger partial charge is 0.496 e. The molecule has 96 valence electrons. The number of hydrogen-bond donors (Lipinski definition) is 1. The van der Waals surface area contributed by atoms with Gasteiger partial charge in [-0.1, -0.05) is 11.2 Å². The Kier molecular flexibility index (Phi) is 2.90. The monoisotopic (exact) mass is 258 g/mol. The fraction of sp³-hybridized carbons (Fsp3) is 0.182. The average Bonchev–Trinajstić information content (AvgIpc) is 2.73. The number of rotatable bonds is 2. The molecule has 4 nitrogen and oxygen atoms in total. The summed E-state index contributed by atoms with van der Waals surface area (Å²) in [5, 5.41) is 3.42. The van der Waals surface area contributed by atoms with Crippen molar-refractivity contribution in [1.29, 1.82) is 0 Å². The van der Waals surface area contributed by atoms with E-state index in [1.54, 1.807) is 0 Å². The Hall–Kier alpha value is -2.18. The summed E-state index contributed by atoms with van der Waals surface area (Å²) < 4.78 is 47.7. The van der Waals surface area contributed by atoms with Crippen LogP contribution >= 0.6 is 0 Å². The van der Waals surface area contributed by atoms with E-state index in [-0.39, 0.29) is 17.2 Å². The molecule has 0 aliphatic heterocycles. The second-order valence-electron chi connectivity index (χ2n) is 3.52. The smallest absolute Gasteiger partial charge is 0.419 e. The summed E-state index contributed by atoms with van der Waals surface area (Å²) >= 11 is 0. The molecule has 0 radical (unpaired) electrons. The normalized spacial score (nSPS) is 11.6. The molecule has 1 heterocycles. The zero-order chi connectivity index (χ0) is 13.3. The number of hydrogen-bond acceptors (Lipinski definition) is 4. The van der Waals surface area contributed by atoms with Crippen molar-refractivity contribution < 1.29 is 22.4 Å². The van der Waals surface area contributed by atoms with Crippen molar-refractivity contribution in [3.8, 4) is 16.9 Å². The van der Waals surface area contributed by atoms with Crippen LogP contribution < -0.4 is 10.5 Å². The summed E-state index contributed by atoms with van der Waals surface area (Å²) in [6.45, 7) is 0. The Bertz CT molecular complexity index is 564. The first kappa shape index (κ1) is 12.3. The van der Waals surface area contributed by atoms with Gasteiger partial charge in [-0.15, -0.1) is 0 Å². The van der Waals surface area contributed by atoms with Crippen LogP contribution in [0, 0.1) is 0 Å². The minimum absolute atomic E-state index is 0.0340. The lowest BCUT2D eigenvalue weighted by Crippen LogP contribution is -2.07. The third-order valence-electron chi connectivity index (χ3n) is 2.41. The quantitative estimate of drug-likeness (QED) is 0.899. The molecule has 2 N–H and O–H groups in total. The van der Waals surface area contributed by atoms with Crippen LogP contribution in [-0.2, 0) is 6.18 Å². The molecule has 0 bridgehead atoms. The van der Waals surface area contributed by atoms with Crippen LogP contribution in [0.5, 0.6) is 5.75 Å². The second-order valence-corrected chi connectivity index (χ2v) is 3.52. The molecule has 7 heteroatoms. The third kappa shape index (κ3) is 2.11. The lowest BCUT2D eigenvalue weighted by molar-refractivity contribution is -0.138. The predicted molar refractivity (Wildman–Crippen MR) is 57.9 cm³/mol. The first-order valence-corrected chi connectivity index (χ1v) is 4.89. The molecule has 0 aliphatic rings. The van der Waals surface area contributed by atoms with E-state index in [9.17, 15) is 13.2 Å². The zero-order valence-corrected chi connectivity index (χ0v) is 9.28. The number of nitrogen functional groups attached to an aromatic ring is 1. The number of ether oxygens (including phenoxy) is 1. The Morgan fingerprint density at radius 3 is 2.56 bits per heavy atom. The molecule has 2 rings (SSSR count). The summed E-state index contributed by atoms with van der Waals surface area (Å²) in [5.74, 6) is -0.283. The van der Waals surface area contributed by atoms with Gasteiger partial charge in [-0.05, 0) is 17.7 Å². The molecule has 0 amide bonds. The van der Waals surface area contributed by atoms with Crippen molar-refractivity contribution in [2.45, 2.75) is 6.18 Å². The summed E-state index contributed by atoms with van der Waals surface area (Å²) in [6, 6.07) is 3.63. The molecule has 1 aromatic carbocycles. The number of methoxy groups -OCH3 is 1. The topological polar surface area (TPSA) is 61.3 Å².